The van der Waals surface area contributed by atoms with Crippen molar-refractivity contribution in [2.24, 2.45) is 0 Å². The molecule has 0 unspecified atom stereocenters. The molecule has 0 aliphatic heterocycles. The highest BCUT2D eigenvalue weighted by Crippen LogP contribution is 2.23. The average molecular weight is 292 g/mol. The molecular weight excluding hydrogens is 268 g/mol. The average Bonchev–Trinajstić information content (AvgIpc) is 2.57. The minimum absolute atomic E-state index is 0.572. The van der Waals surface area contributed by atoms with E-state index in [-0.39, 0.29) is 0 Å². The SMILES string of the molecule is C#CC(CCCCC)(Nc1ccccc1)Nc1ccccc1. The third-order valence-electron chi connectivity index (χ3n) is 3.66. The Morgan fingerprint density at radius 2 is 1.36 bits per heavy atom. The van der Waals surface area contributed by atoms with Crippen molar-refractivity contribution < 1.29 is 0 Å². The number of hydrogen-bond acceptors (Lipinski definition) is 2. The van der Waals surface area contributed by atoms with Crippen LogP contribution in [0.1, 0.15) is 32.6 Å². The zero-order valence-corrected chi connectivity index (χ0v) is 13.2. The van der Waals surface area contributed by atoms with Gasteiger partial charge in [0, 0.05) is 17.8 Å². The Morgan fingerprint density at radius 3 is 1.77 bits per heavy atom. The van der Waals surface area contributed by atoms with Crippen LogP contribution in [0, 0.1) is 12.3 Å². The molecule has 0 heterocycles. The van der Waals surface area contributed by atoms with Gasteiger partial charge in [0.15, 0.2) is 5.66 Å². The fraction of sp³-hybridized carbons (Fsp3) is 0.300. The maximum absolute atomic E-state index is 5.91. The summed E-state index contributed by atoms with van der Waals surface area (Å²) >= 11 is 0. The van der Waals surface area contributed by atoms with E-state index in [0.717, 1.165) is 24.2 Å². The van der Waals surface area contributed by atoms with E-state index in [1.54, 1.807) is 0 Å². The van der Waals surface area contributed by atoms with Gasteiger partial charge in [-0.3, -0.25) is 0 Å². The van der Waals surface area contributed by atoms with Gasteiger partial charge in [-0.1, -0.05) is 62.1 Å². The molecule has 114 valence electrons. The molecule has 0 amide bonds. The normalized spacial score (nSPS) is 10.7. The van der Waals surface area contributed by atoms with Gasteiger partial charge in [-0.25, -0.2) is 0 Å². The number of para-hydroxylation sites is 2. The van der Waals surface area contributed by atoms with Crippen LogP contribution >= 0.6 is 0 Å². The van der Waals surface area contributed by atoms with E-state index in [2.05, 4.69) is 23.5 Å². The van der Waals surface area contributed by atoms with E-state index in [4.69, 9.17) is 6.42 Å². The summed E-state index contributed by atoms with van der Waals surface area (Å²) < 4.78 is 0. The summed E-state index contributed by atoms with van der Waals surface area (Å²) in [4.78, 5) is 0. The van der Waals surface area contributed by atoms with Crippen LogP contribution in [0.2, 0.25) is 0 Å². The molecule has 0 aliphatic carbocycles. The Bertz CT molecular complexity index is 543. The van der Waals surface area contributed by atoms with Gasteiger partial charge in [-0.2, -0.15) is 0 Å². The first kappa shape index (κ1) is 16.0. The van der Waals surface area contributed by atoms with Crippen molar-refractivity contribution >= 4 is 11.4 Å². The molecule has 2 aromatic rings. The molecule has 2 heteroatoms. The molecule has 0 saturated carbocycles. The van der Waals surface area contributed by atoms with Crippen molar-refractivity contribution in [3.05, 3.63) is 60.7 Å². The van der Waals surface area contributed by atoms with Gasteiger partial charge in [0.2, 0.25) is 0 Å². The van der Waals surface area contributed by atoms with Gasteiger partial charge in [0.05, 0.1) is 0 Å². The van der Waals surface area contributed by atoms with E-state index in [9.17, 15) is 0 Å². The van der Waals surface area contributed by atoms with Gasteiger partial charge in [0.1, 0.15) is 0 Å². The second-order valence-electron chi connectivity index (χ2n) is 5.49. The lowest BCUT2D eigenvalue weighted by Crippen LogP contribution is -2.44. The lowest BCUT2D eigenvalue weighted by Gasteiger charge is -2.33. The Labute approximate surface area is 134 Å². The molecule has 0 bridgehead atoms. The van der Waals surface area contributed by atoms with Crippen LogP contribution in [0.15, 0.2) is 60.7 Å². The molecule has 2 nitrogen and oxygen atoms in total. The zero-order valence-electron chi connectivity index (χ0n) is 13.2. The Kier molecular flexibility index (Phi) is 5.91. The van der Waals surface area contributed by atoms with Crippen molar-refractivity contribution in [3.8, 4) is 12.3 Å². The number of rotatable bonds is 8. The Hall–Kier alpha value is -2.40. The highest BCUT2D eigenvalue weighted by atomic mass is 15.2. The summed E-state index contributed by atoms with van der Waals surface area (Å²) in [5.74, 6) is 2.95. The number of hydrogen-bond donors (Lipinski definition) is 2. The third-order valence-corrected chi connectivity index (χ3v) is 3.66. The molecule has 0 radical (unpaired) electrons. The quantitative estimate of drug-likeness (QED) is 0.401. The lowest BCUT2D eigenvalue weighted by molar-refractivity contribution is 0.554. The van der Waals surface area contributed by atoms with Crippen LogP contribution in [0.4, 0.5) is 11.4 Å². The third kappa shape index (κ3) is 4.56. The maximum Gasteiger partial charge on any atom is 0.171 e. The van der Waals surface area contributed by atoms with Crippen molar-refractivity contribution in [3.63, 3.8) is 0 Å². The predicted molar refractivity (Wildman–Crippen MR) is 95.8 cm³/mol. The van der Waals surface area contributed by atoms with Crippen LogP contribution in [-0.4, -0.2) is 5.66 Å². The molecule has 0 aromatic heterocycles. The van der Waals surface area contributed by atoms with E-state index in [1.807, 2.05) is 60.7 Å². The molecule has 2 aromatic carbocycles. The van der Waals surface area contributed by atoms with Crippen LogP contribution < -0.4 is 10.6 Å². The molecule has 22 heavy (non-hydrogen) atoms. The smallest absolute Gasteiger partial charge is 0.171 e. The molecule has 2 rings (SSSR count). The van der Waals surface area contributed by atoms with Crippen molar-refractivity contribution in [2.75, 3.05) is 10.6 Å². The molecule has 0 aliphatic rings. The second kappa shape index (κ2) is 8.14. The summed E-state index contributed by atoms with van der Waals surface area (Å²) in [5.41, 5.74) is 1.48. The maximum atomic E-state index is 5.91. The first-order valence-electron chi connectivity index (χ1n) is 7.92. The molecule has 0 saturated heterocycles. The van der Waals surface area contributed by atoms with Gasteiger partial charge < -0.3 is 10.6 Å². The first-order chi connectivity index (χ1) is 10.8. The van der Waals surface area contributed by atoms with E-state index in [1.165, 1.54) is 12.8 Å². The second-order valence-corrected chi connectivity index (χ2v) is 5.49. The summed E-state index contributed by atoms with van der Waals surface area (Å²) in [7, 11) is 0. The van der Waals surface area contributed by atoms with Gasteiger partial charge in [-0.05, 0) is 30.7 Å². The predicted octanol–water partition coefficient (Wildman–Crippen LogP) is 5.12. The number of anilines is 2. The number of terminal acetylenes is 1. The van der Waals surface area contributed by atoms with Crippen LogP contribution in [0.3, 0.4) is 0 Å². The molecule has 2 N–H and O–H groups in total. The van der Waals surface area contributed by atoms with E-state index in [0.29, 0.717) is 0 Å². The Balaban J connectivity index is 2.20. The fourth-order valence-corrected chi connectivity index (χ4v) is 2.48. The van der Waals surface area contributed by atoms with Crippen LogP contribution in [-0.2, 0) is 0 Å². The fourth-order valence-electron chi connectivity index (χ4n) is 2.48. The minimum atomic E-state index is -0.572. The van der Waals surface area contributed by atoms with Gasteiger partial charge in [0.25, 0.3) is 0 Å². The van der Waals surface area contributed by atoms with Crippen molar-refractivity contribution in [2.45, 2.75) is 38.3 Å². The summed E-state index contributed by atoms with van der Waals surface area (Å²) in [5, 5.41) is 7.00. The Morgan fingerprint density at radius 1 is 0.864 bits per heavy atom. The van der Waals surface area contributed by atoms with E-state index < -0.39 is 5.66 Å². The number of nitrogens with one attached hydrogen (secondary N) is 2. The summed E-state index contributed by atoms with van der Waals surface area (Å²) in [6.45, 7) is 2.20. The zero-order chi connectivity index (χ0) is 15.7. The number of unbranched alkanes of at least 4 members (excludes halogenated alkanes) is 2. The number of benzene rings is 2. The van der Waals surface area contributed by atoms with Crippen LogP contribution in [0.25, 0.3) is 0 Å². The minimum Gasteiger partial charge on any atom is -0.353 e. The molecule has 0 spiro atoms. The largest absolute Gasteiger partial charge is 0.353 e. The molecule has 0 atom stereocenters. The van der Waals surface area contributed by atoms with Crippen molar-refractivity contribution in [1.82, 2.24) is 0 Å². The first-order valence-corrected chi connectivity index (χ1v) is 7.92. The van der Waals surface area contributed by atoms with Gasteiger partial charge >= 0.3 is 0 Å². The molecule has 0 fully saturated rings. The van der Waals surface area contributed by atoms with Crippen LogP contribution in [0.5, 0.6) is 0 Å². The van der Waals surface area contributed by atoms with E-state index >= 15 is 0 Å². The van der Waals surface area contributed by atoms with Gasteiger partial charge in [-0.15, -0.1) is 6.42 Å². The topological polar surface area (TPSA) is 24.1 Å². The van der Waals surface area contributed by atoms with Crippen molar-refractivity contribution in [1.29, 1.82) is 0 Å². The monoisotopic (exact) mass is 292 g/mol. The lowest BCUT2D eigenvalue weighted by atomic mass is 10.0. The molecular formula is C20H24N2. The standard InChI is InChI=1S/C20H24N2/c1-3-5-12-17-20(4-2,21-18-13-8-6-9-14-18)22-19-15-10-7-11-16-19/h2,6-11,13-16,21-22H,3,5,12,17H2,1H3. The highest BCUT2D eigenvalue weighted by Gasteiger charge is 2.26. The highest BCUT2D eigenvalue weighted by molar-refractivity contribution is 5.55. The summed E-state index contributed by atoms with van der Waals surface area (Å²) in [6.07, 6.45) is 10.2. The summed E-state index contributed by atoms with van der Waals surface area (Å²) in [6, 6.07) is 20.2.